The average molecular weight is 265 g/mol. The van der Waals surface area contributed by atoms with Gasteiger partial charge in [-0.15, -0.1) is 0 Å². The first-order valence-electron chi connectivity index (χ1n) is 6.74. The van der Waals surface area contributed by atoms with E-state index in [1.807, 2.05) is 30.3 Å². The zero-order valence-electron chi connectivity index (χ0n) is 11.3. The maximum Gasteiger partial charge on any atom is 0.228 e. The third kappa shape index (κ3) is 2.23. The SMILES string of the molecule is CCc1ccc(C(=O)c2ccc3c(c2)CC(=O)N3)cc1. The maximum absolute atomic E-state index is 12.4. The Balaban J connectivity index is 1.90. The van der Waals surface area contributed by atoms with Gasteiger partial charge in [0.1, 0.15) is 0 Å². The van der Waals surface area contributed by atoms with Crippen LogP contribution in [0.3, 0.4) is 0 Å². The van der Waals surface area contributed by atoms with Gasteiger partial charge in [-0.05, 0) is 35.7 Å². The van der Waals surface area contributed by atoms with Gasteiger partial charge in [-0.25, -0.2) is 0 Å². The number of anilines is 1. The van der Waals surface area contributed by atoms with Crippen LogP contribution >= 0.6 is 0 Å². The lowest BCUT2D eigenvalue weighted by molar-refractivity contribution is -0.115. The fourth-order valence-corrected chi connectivity index (χ4v) is 2.43. The van der Waals surface area contributed by atoms with Crippen molar-refractivity contribution in [2.75, 3.05) is 5.32 Å². The number of hydrogen-bond acceptors (Lipinski definition) is 2. The summed E-state index contributed by atoms with van der Waals surface area (Å²) in [6, 6.07) is 13.0. The number of rotatable bonds is 3. The Hall–Kier alpha value is -2.42. The van der Waals surface area contributed by atoms with Crippen molar-refractivity contribution in [3.63, 3.8) is 0 Å². The van der Waals surface area contributed by atoms with Gasteiger partial charge in [0.05, 0.1) is 6.42 Å². The van der Waals surface area contributed by atoms with E-state index < -0.39 is 0 Å². The Kier molecular flexibility index (Phi) is 3.11. The number of carbonyl (C=O) groups is 2. The first kappa shape index (κ1) is 12.6. The molecule has 100 valence electrons. The molecule has 0 saturated heterocycles. The van der Waals surface area contributed by atoms with Crippen LogP contribution in [0.1, 0.15) is 34.0 Å². The van der Waals surface area contributed by atoms with E-state index in [4.69, 9.17) is 0 Å². The Labute approximate surface area is 117 Å². The van der Waals surface area contributed by atoms with Crippen LogP contribution in [-0.2, 0) is 17.6 Å². The third-order valence-electron chi connectivity index (χ3n) is 3.62. The van der Waals surface area contributed by atoms with Crippen LogP contribution < -0.4 is 5.32 Å². The monoisotopic (exact) mass is 265 g/mol. The van der Waals surface area contributed by atoms with Crippen LogP contribution in [0.2, 0.25) is 0 Å². The number of nitrogens with one attached hydrogen (secondary N) is 1. The van der Waals surface area contributed by atoms with Crippen molar-refractivity contribution in [2.45, 2.75) is 19.8 Å². The van der Waals surface area contributed by atoms with Crippen molar-refractivity contribution >= 4 is 17.4 Å². The van der Waals surface area contributed by atoms with E-state index >= 15 is 0 Å². The highest BCUT2D eigenvalue weighted by molar-refractivity contribution is 6.10. The lowest BCUT2D eigenvalue weighted by Crippen LogP contribution is -2.03. The topological polar surface area (TPSA) is 46.2 Å². The predicted molar refractivity (Wildman–Crippen MR) is 78.0 cm³/mol. The Morgan fingerprint density at radius 1 is 1.10 bits per heavy atom. The zero-order chi connectivity index (χ0) is 14.1. The molecule has 0 unspecified atom stereocenters. The zero-order valence-corrected chi connectivity index (χ0v) is 11.3. The third-order valence-corrected chi connectivity index (χ3v) is 3.62. The minimum Gasteiger partial charge on any atom is -0.326 e. The van der Waals surface area contributed by atoms with Crippen molar-refractivity contribution in [2.24, 2.45) is 0 Å². The molecule has 0 fully saturated rings. The summed E-state index contributed by atoms with van der Waals surface area (Å²) in [4.78, 5) is 23.7. The van der Waals surface area contributed by atoms with Gasteiger partial charge in [-0.1, -0.05) is 31.2 Å². The number of aryl methyl sites for hydroxylation is 1. The summed E-state index contributed by atoms with van der Waals surface area (Å²) in [5, 5.41) is 2.77. The molecule has 0 atom stereocenters. The molecule has 0 bridgehead atoms. The van der Waals surface area contributed by atoms with Crippen LogP contribution in [0.25, 0.3) is 0 Å². The van der Waals surface area contributed by atoms with Gasteiger partial charge < -0.3 is 5.32 Å². The van der Waals surface area contributed by atoms with Gasteiger partial charge >= 0.3 is 0 Å². The molecule has 1 aliphatic rings. The van der Waals surface area contributed by atoms with Gasteiger partial charge in [-0.2, -0.15) is 0 Å². The molecule has 20 heavy (non-hydrogen) atoms. The van der Waals surface area contributed by atoms with E-state index in [0.29, 0.717) is 17.5 Å². The molecule has 3 rings (SSSR count). The van der Waals surface area contributed by atoms with E-state index in [1.165, 1.54) is 5.56 Å². The summed E-state index contributed by atoms with van der Waals surface area (Å²) in [7, 11) is 0. The Bertz CT molecular complexity index is 687. The summed E-state index contributed by atoms with van der Waals surface area (Å²) < 4.78 is 0. The molecular weight excluding hydrogens is 250 g/mol. The maximum atomic E-state index is 12.4. The quantitative estimate of drug-likeness (QED) is 0.867. The van der Waals surface area contributed by atoms with Crippen LogP contribution in [0, 0.1) is 0 Å². The number of benzene rings is 2. The molecule has 0 spiro atoms. The van der Waals surface area contributed by atoms with Gasteiger partial charge in [0.25, 0.3) is 0 Å². The number of ketones is 1. The van der Waals surface area contributed by atoms with Crippen LogP contribution in [-0.4, -0.2) is 11.7 Å². The average Bonchev–Trinajstić information content (AvgIpc) is 2.85. The number of hydrogen-bond donors (Lipinski definition) is 1. The van der Waals surface area contributed by atoms with Crippen LogP contribution in [0.5, 0.6) is 0 Å². The van der Waals surface area contributed by atoms with E-state index in [-0.39, 0.29) is 11.7 Å². The molecule has 0 radical (unpaired) electrons. The first-order valence-corrected chi connectivity index (χ1v) is 6.74. The molecule has 1 heterocycles. The molecule has 3 nitrogen and oxygen atoms in total. The molecule has 0 saturated carbocycles. The van der Waals surface area contributed by atoms with E-state index in [9.17, 15) is 9.59 Å². The lowest BCUT2D eigenvalue weighted by atomic mass is 9.99. The fraction of sp³-hybridized carbons (Fsp3) is 0.176. The summed E-state index contributed by atoms with van der Waals surface area (Å²) >= 11 is 0. The molecule has 3 heteroatoms. The highest BCUT2D eigenvalue weighted by atomic mass is 16.1. The molecule has 2 aromatic rings. The van der Waals surface area contributed by atoms with Gasteiger partial charge in [0, 0.05) is 16.8 Å². The largest absolute Gasteiger partial charge is 0.326 e. The Morgan fingerprint density at radius 2 is 1.80 bits per heavy atom. The minimum atomic E-state index is -0.0168. The van der Waals surface area contributed by atoms with Gasteiger partial charge in [0.2, 0.25) is 5.91 Å². The fourth-order valence-electron chi connectivity index (χ4n) is 2.43. The second-order valence-corrected chi connectivity index (χ2v) is 4.98. The minimum absolute atomic E-state index is 0.00481. The van der Waals surface area contributed by atoms with Crippen molar-refractivity contribution in [3.8, 4) is 0 Å². The highest BCUT2D eigenvalue weighted by Gasteiger charge is 2.19. The number of carbonyl (C=O) groups excluding carboxylic acids is 2. The van der Waals surface area contributed by atoms with Crippen molar-refractivity contribution in [3.05, 3.63) is 64.7 Å². The summed E-state index contributed by atoms with van der Waals surface area (Å²) in [6.45, 7) is 2.08. The van der Waals surface area contributed by atoms with Crippen LogP contribution in [0.15, 0.2) is 42.5 Å². The second kappa shape index (κ2) is 4.93. The Morgan fingerprint density at radius 3 is 2.50 bits per heavy atom. The first-order chi connectivity index (χ1) is 9.67. The van der Waals surface area contributed by atoms with E-state index in [2.05, 4.69) is 12.2 Å². The van der Waals surface area contributed by atoms with Gasteiger partial charge in [0.15, 0.2) is 5.78 Å². The molecule has 0 aliphatic carbocycles. The molecule has 2 aromatic carbocycles. The summed E-state index contributed by atoms with van der Waals surface area (Å²) in [5.74, 6) is -0.0216. The van der Waals surface area contributed by atoms with E-state index in [0.717, 1.165) is 17.7 Å². The molecule has 1 amide bonds. The molecular formula is C17H15NO2. The van der Waals surface area contributed by atoms with Crippen molar-refractivity contribution < 1.29 is 9.59 Å². The van der Waals surface area contributed by atoms with Crippen molar-refractivity contribution in [1.82, 2.24) is 0 Å². The molecule has 1 N–H and O–H groups in total. The molecule has 1 aliphatic heterocycles. The predicted octanol–water partition coefficient (Wildman–Crippen LogP) is 2.97. The molecule has 0 aromatic heterocycles. The van der Waals surface area contributed by atoms with Crippen molar-refractivity contribution in [1.29, 1.82) is 0 Å². The number of amides is 1. The second-order valence-electron chi connectivity index (χ2n) is 4.98. The normalized spacial score (nSPS) is 12.9. The lowest BCUT2D eigenvalue weighted by Gasteiger charge is -2.05. The number of fused-ring (bicyclic) bond motifs is 1. The van der Waals surface area contributed by atoms with Gasteiger partial charge in [-0.3, -0.25) is 9.59 Å². The highest BCUT2D eigenvalue weighted by Crippen LogP contribution is 2.25. The van der Waals surface area contributed by atoms with Crippen LogP contribution in [0.4, 0.5) is 5.69 Å². The standard InChI is InChI=1S/C17H15NO2/c1-2-11-3-5-12(6-4-11)17(20)13-7-8-15-14(9-13)10-16(19)18-15/h3-9H,2,10H2,1H3,(H,18,19). The van der Waals surface area contributed by atoms with E-state index in [1.54, 1.807) is 12.1 Å². The smallest absolute Gasteiger partial charge is 0.228 e. The summed E-state index contributed by atoms with van der Waals surface area (Å²) in [6.07, 6.45) is 1.31. The summed E-state index contributed by atoms with van der Waals surface area (Å²) in [5.41, 5.74) is 4.23.